The summed E-state index contributed by atoms with van der Waals surface area (Å²) < 4.78 is 5.03. The summed E-state index contributed by atoms with van der Waals surface area (Å²) in [4.78, 5) is 0. The number of benzene rings is 1. The summed E-state index contributed by atoms with van der Waals surface area (Å²) in [5, 5.41) is 8.56. The van der Waals surface area contributed by atoms with Gasteiger partial charge in [-0.15, -0.1) is 0 Å². The normalized spacial score (nSPS) is 12.5. The molecule has 1 radical (unpaired) electrons. The molecule has 0 bridgehead atoms. The Labute approximate surface area is 65.4 Å². The van der Waals surface area contributed by atoms with E-state index in [-0.39, 0.29) is 6.61 Å². The molecule has 2 N–H and O–H groups in total. The van der Waals surface area contributed by atoms with Crippen molar-refractivity contribution < 1.29 is 9.84 Å². The van der Waals surface area contributed by atoms with E-state index in [4.69, 9.17) is 15.6 Å². The van der Waals surface area contributed by atoms with E-state index in [2.05, 4.69) is 0 Å². The second-order valence-electron chi connectivity index (χ2n) is 2.14. The van der Waals surface area contributed by atoms with E-state index in [1.54, 1.807) is 12.1 Å². The van der Waals surface area contributed by atoms with Crippen LogP contribution in [-0.4, -0.2) is 17.9 Å². The van der Waals surface area contributed by atoms with E-state index in [0.29, 0.717) is 5.75 Å². The number of para-hydroxylation sites is 1. The zero-order chi connectivity index (χ0) is 8.10. The van der Waals surface area contributed by atoms with Crippen LogP contribution in [0, 0.1) is 0 Å². The smallest absolute Gasteiger partial charge is 0.151 e. The highest BCUT2D eigenvalue weighted by Gasteiger charge is 1.96. The number of ether oxygens (including phenoxy) is 1. The van der Waals surface area contributed by atoms with Crippen molar-refractivity contribution in [1.29, 1.82) is 0 Å². The van der Waals surface area contributed by atoms with Gasteiger partial charge in [0.2, 0.25) is 0 Å². The summed E-state index contributed by atoms with van der Waals surface area (Å²) >= 11 is 0. The highest BCUT2D eigenvalue weighted by molar-refractivity contribution is 5.20. The molecule has 1 rings (SSSR count). The average molecular weight is 152 g/mol. The molecule has 0 heterocycles. The molecule has 1 atom stereocenters. The molecule has 1 unspecified atom stereocenters. The first kappa shape index (κ1) is 8.04. The molecule has 1 aromatic rings. The topological polar surface area (TPSA) is 53.3 Å². The quantitative estimate of drug-likeness (QED) is 0.692. The fraction of sp³-hybridized carbons (Fsp3) is 0.250. The highest BCUT2D eigenvalue weighted by Crippen LogP contribution is 2.07. The van der Waals surface area contributed by atoms with Gasteiger partial charge in [-0.05, 0) is 12.1 Å². The van der Waals surface area contributed by atoms with E-state index in [1.165, 1.54) is 0 Å². The first-order valence-electron chi connectivity index (χ1n) is 3.36. The SMILES string of the molecule is [NH]C(O)COc1ccccc1. The van der Waals surface area contributed by atoms with Gasteiger partial charge >= 0.3 is 0 Å². The zero-order valence-electron chi connectivity index (χ0n) is 6.03. The Bertz CT molecular complexity index is 199. The Morgan fingerprint density at radius 2 is 2.00 bits per heavy atom. The predicted octanol–water partition coefficient (Wildman–Crippen LogP) is 0.667. The molecule has 3 heteroatoms. The molecular weight excluding hydrogens is 142 g/mol. The molecule has 3 nitrogen and oxygen atoms in total. The molecule has 0 fully saturated rings. The molecule has 0 aliphatic carbocycles. The number of hydrogen-bond acceptors (Lipinski definition) is 2. The van der Waals surface area contributed by atoms with Crippen molar-refractivity contribution in [2.24, 2.45) is 0 Å². The molecular formula is C8H10NO2. The van der Waals surface area contributed by atoms with Crippen LogP contribution in [0.2, 0.25) is 0 Å². The molecule has 0 aliphatic rings. The Morgan fingerprint density at radius 3 is 2.55 bits per heavy atom. The molecule has 0 saturated carbocycles. The van der Waals surface area contributed by atoms with Crippen molar-refractivity contribution in [3.05, 3.63) is 30.3 Å². The standard InChI is InChI=1S/C8H10NO2/c9-8(10)6-11-7-4-2-1-3-5-7/h1-5,8-10H,6H2. The predicted molar refractivity (Wildman–Crippen MR) is 41.0 cm³/mol. The molecule has 0 amide bonds. The third kappa shape index (κ3) is 3.02. The second-order valence-corrected chi connectivity index (χ2v) is 2.14. The summed E-state index contributed by atoms with van der Waals surface area (Å²) in [7, 11) is 0. The molecule has 0 aromatic heterocycles. The van der Waals surface area contributed by atoms with Gasteiger partial charge in [-0.3, -0.25) is 0 Å². The molecule has 11 heavy (non-hydrogen) atoms. The fourth-order valence-corrected chi connectivity index (χ4v) is 0.692. The Hall–Kier alpha value is -1.06. The molecule has 0 aliphatic heterocycles. The van der Waals surface area contributed by atoms with Crippen molar-refractivity contribution in [3.8, 4) is 5.75 Å². The van der Waals surface area contributed by atoms with Gasteiger partial charge in [0.15, 0.2) is 6.23 Å². The van der Waals surface area contributed by atoms with Crippen LogP contribution in [0.1, 0.15) is 0 Å². The zero-order valence-corrected chi connectivity index (χ0v) is 6.03. The van der Waals surface area contributed by atoms with Crippen LogP contribution in [0.25, 0.3) is 0 Å². The molecule has 0 saturated heterocycles. The van der Waals surface area contributed by atoms with Crippen molar-refractivity contribution in [2.45, 2.75) is 6.23 Å². The van der Waals surface area contributed by atoms with E-state index < -0.39 is 6.23 Å². The van der Waals surface area contributed by atoms with E-state index >= 15 is 0 Å². The van der Waals surface area contributed by atoms with E-state index in [1.807, 2.05) is 18.2 Å². The van der Waals surface area contributed by atoms with Gasteiger partial charge in [-0.25, -0.2) is 5.73 Å². The summed E-state index contributed by atoms with van der Waals surface area (Å²) in [6, 6.07) is 9.12. The molecule has 0 spiro atoms. The second kappa shape index (κ2) is 3.95. The first-order valence-corrected chi connectivity index (χ1v) is 3.36. The number of nitrogens with one attached hydrogen (secondary N) is 1. The molecule has 1 aromatic carbocycles. The molecule has 59 valence electrons. The summed E-state index contributed by atoms with van der Waals surface area (Å²) in [6.45, 7) is 0.0179. The third-order valence-corrected chi connectivity index (χ3v) is 1.15. The van der Waals surface area contributed by atoms with Crippen LogP contribution in [0.4, 0.5) is 0 Å². The third-order valence-electron chi connectivity index (χ3n) is 1.15. The number of aliphatic hydroxyl groups is 1. The fourth-order valence-electron chi connectivity index (χ4n) is 0.692. The van der Waals surface area contributed by atoms with Crippen molar-refractivity contribution >= 4 is 0 Å². The van der Waals surface area contributed by atoms with E-state index in [0.717, 1.165) is 0 Å². The van der Waals surface area contributed by atoms with Crippen LogP contribution in [0.15, 0.2) is 30.3 Å². The van der Waals surface area contributed by atoms with Crippen LogP contribution in [-0.2, 0) is 0 Å². The number of aliphatic hydroxyl groups excluding tert-OH is 1. The van der Waals surface area contributed by atoms with E-state index in [9.17, 15) is 0 Å². The highest BCUT2D eigenvalue weighted by atomic mass is 16.5. The van der Waals surface area contributed by atoms with Crippen molar-refractivity contribution in [2.75, 3.05) is 6.61 Å². The van der Waals surface area contributed by atoms with Crippen LogP contribution in [0.5, 0.6) is 5.75 Å². The Kier molecular flexibility index (Phi) is 2.89. The lowest BCUT2D eigenvalue weighted by Crippen LogP contribution is -2.17. The van der Waals surface area contributed by atoms with Gasteiger partial charge in [0.25, 0.3) is 0 Å². The first-order chi connectivity index (χ1) is 5.29. The maximum atomic E-state index is 8.56. The maximum Gasteiger partial charge on any atom is 0.151 e. The van der Waals surface area contributed by atoms with Crippen LogP contribution >= 0.6 is 0 Å². The Morgan fingerprint density at radius 1 is 1.36 bits per heavy atom. The summed E-state index contributed by atoms with van der Waals surface area (Å²) in [5.74, 6) is 0.679. The Balaban J connectivity index is 2.39. The summed E-state index contributed by atoms with van der Waals surface area (Å²) in [5.41, 5.74) is 6.76. The van der Waals surface area contributed by atoms with Gasteiger partial charge in [0.1, 0.15) is 12.4 Å². The lowest BCUT2D eigenvalue weighted by molar-refractivity contribution is 0.107. The van der Waals surface area contributed by atoms with Gasteiger partial charge in [0, 0.05) is 0 Å². The van der Waals surface area contributed by atoms with Crippen molar-refractivity contribution in [1.82, 2.24) is 5.73 Å². The lowest BCUT2D eigenvalue weighted by Gasteiger charge is -2.06. The number of hydrogen-bond donors (Lipinski definition) is 1. The lowest BCUT2D eigenvalue weighted by atomic mass is 10.3. The monoisotopic (exact) mass is 152 g/mol. The van der Waals surface area contributed by atoms with Crippen molar-refractivity contribution in [3.63, 3.8) is 0 Å². The minimum absolute atomic E-state index is 0.0179. The van der Waals surface area contributed by atoms with Crippen LogP contribution < -0.4 is 10.5 Å². The van der Waals surface area contributed by atoms with Gasteiger partial charge in [-0.1, -0.05) is 18.2 Å². The van der Waals surface area contributed by atoms with Gasteiger partial charge < -0.3 is 9.84 Å². The minimum Gasteiger partial charge on any atom is -0.489 e. The number of rotatable bonds is 3. The maximum absolute atomic E-state index is 8.56. The average Bonchev–Trinajstić information content (AvgIpc) is 2.03. The van der Waals surface area contributed by atoms with Gasteiger partial charge in [0.05, 0.1) is 0 Å². The van der Waals surface area contributed by atoms with Crippen LogP contribution in [0.3, 0.4) is 0 Å². The van der Waals surface area contributed by atoms with Gasteiger partial charge in [-0.2, -0.15) is 0 Å². The minimum atomic E-state index is -1.16. The largest absolute Gasteiger partial charge is 0.489 e. The summed E-state index contributed by atoms with van der Waals surface area (Å²) in [6.07, 6.45) is -1.16.